The van der Waals surface area contributed by atoms with E-state index in [9.17, 15) is 4.79 Å². The van der Waals surface area contributed by atoms with Gasteiger partial charge in [0.05, 0.1) is 30.6 Å². The molecule has 5 rings (SSSR count). The van der Waals surface area contributed by atoms with Crippen LogP contribution in [-0.4, -0.2) is 58.7 Å². The van der Waals surface area contributed by atoms with Crippen LogP contribution in [0.4, 0.5) is 11.5 Å². The van der Waals surface area contributed by atoms with Gasteiger partial charge in [-0.3, -0.25) is 14.8 Å². The summed E-state index contributed by atoms with van der Waals surface area (Å²) in [6, 6.07) is 15.2. The predicted molar refractivity (Wildman–Crippen MR) is 151 cm³/mol. The SMILES string of the molecule is Cc1cc(N(c2ncnc3cnccc23)N2CCOCC2)ccc1Oc1ccc(C(=O)NCC(C)(C)C)cc1. The number of anilines is 2. The summed E-state index contributed by atoms with van der Waals surface area (Å²) in [5, 5.41) is 8.27. The van der Waals surface area contributed by atoms with E-state index in [4.69, 9.17) is 9.47 Å². The summed E-state index contributed by atoms with van der Waals surface area (Å²) in [6.07, 6.45) is 5.08. The first-order valence-corrected chi connectivity index (χ1v) is 13.1. The summed E-state index contributed by atoms with van der Waals surface area (Å²) in [4.78, 5) is 25.7. The maximum Gasteiger partial charge on any atom is 0.251 e. The molecular weight excluding hydrogens is 492 g/mol. The number of hydrogen-bond donors (Lipinski definition) is 1. The first-order chi connectivity index (χ1) is 18.8. The molecule has 0 saturated carbocycles. The van der Waals surface area contributed by atoms with Crippen molar-refractivity contribution >= 4 is 28.3 Å². The predicted octanol–water partition coefficient (Wildman–Crippen LogP) is 5.29. The molecule has 0 spiro atoms. The highest BCUT2D eigenvalue weighted by Crippen LogP contribution is 2.35. The van der Waals surface area contributed by atoms with E-state index in [1.165, 1.54) is 0 Å². The zero-order chi connectivity index (χ0) is 27.4. The fourth-order valence-corrected chi connectivity index (χ4v) is 4.36. The molecule has 39 heavy (non-hydrogen) atoms. The lowest BCUT2D eigenvalue weighted by atomic mass is 9.97. The molecule has 2 aromatic heterocycles. The van der Waals surface area contributed by atoms with Gasteiger partial charge in [0.15, 0.2) is 5.82 Å². The number of hydrazine groups is 1. The van der Waals surface area contributed by atoms with Crippen molar-refractivity contribution < 1.29 is 14.3 Å². The molecule has 1 N–H and O–H groups in total. The van der Waals surface area contributed by atoms with Crippen LogP contribution in [0.15, 0.2) is 67.3 Å². The standard InChI is InChI=1S/C30H34N6O3/c1-21-17-23(7-10-27(21)39-24-8-5-22(6-9-24)29(37)32-19-30(2,3)4)36(35-13-15-38-16-14-35)28-25-11-12-31-18-26(25)33-20-34-28/h5-12,17-18,20H,13-16,19H2,1-4H3,(H,32,37). The van der Waals surface area contributed by atoms with Crippen molar-refractivity contribution in [3.05, 3.63) is 78.4 Å². The number of fused-ring (bicyclic) bond motifs is 1. The minimum Gasteiger partial charge on any atom is -0.457 e. The molecule has 0 unspecified atom stereocenters. The van der Waals surface area contributed by atoms with Gasteiger partial charge in [0.2, 0.25) is 0 Å². The van der Waals surface area contributed by atoms with E-state index < -0.39 is 0 Å². The van der Waals surface area contributed by atoms with E-state index in [-0.39, 0.29) is 11.3 Å². The minimum atomic E-state index is -0.0896. The molecule has 0 aliphatic carbocycles. The molecule has 1 amide bonds. The molecule has 0 radical (unpaired) electrons. The average molecular weight is 527 g/mol. The molecular formula is C30H34N6O3. The zero-order valence-electron chi connectivity index (χ0n) is 22.8. The molecule has 9 nitrogen and oxygen atoms in total. The van der Waals surface area contributed by atoms with Crippen LogP contribution in [0.25, 0.3) is 10.9 Å². The number of ether oxygens (including phenoxy) is 2. The van der Waals surface area contributed by atoms with E-state index in [1.807, 2.05) is 37.3 Å². The molecule has 1 aliphatic heterocycles. The number of nitrogens with zero attached hydrogens (tertiary/aromatic N) is 5. The van der Waals surface area contributed by atoms with Gasteiger partial charge in [0.1, 0.15) is 17.8 Å². The van der Waals surface area contributed by atoms with E-state index in [0.29, 0.717) is 31.1 Å². The third-order valence-corrected chi connectivity index (χ3v) is 6.42. The largest absolute Gasteiger partial charge is 0.457 e. The highest BCUT2D eigenvalue weighted by Gasteiger charge is 2.24. The van der Waals surface area contributed by atoms with Crippen LogP contribution in [0.1, 0.15) is 36.7 Å². The van der Waals surface area contributed by atoms with Crippen molar-refractivity contribution in [2.45, 2.75) is 27.7 Å². The highest BCUT2D eigenvalue weighted by atomic mass is 16.5. The van der Waals surface area contributed by atoms with Crippen LogP contribution in [0.5, 0.6) is 11.5 Å². The second-order valence-electron chi connectivity index (χ2n) is 10.8. The van der Waals surface area contributed by atoms with Crippen LogP contribution >= 0.6 is 0 Å². The number of hydrogen-bond acceptors (Lipinski definition) is 8. The number of benzene rings is 2. The summed E-state index contributed by atoms with van der Waals surface area (Å²) in [7, 11) is 0. The Balaban J connectivity index is 1.38. The monoisotopic (exact) mass is 526 g/mol. The Hall–Kier alpha value is -4.08. The van der Waals surface area contributed by atoms with E-state index in [2.05, 4.69) is 57.1 Å². The third-order valence-electron chi connectivity index (χ3n) is 6.42. The first-order valence-electron chi connectivity index (χ1n) is 13.1. The maximum absolute atomic E-state index is 12.5. The lowest BCUT2D eigenvalue weighted by Crippen LogP contribution is -2.47. The smallest absolute Gasteiger partial charge is 0.251 e. The number of morpholine rings is 1. The molecule has 1 fully saturated rings. The Kier molecular flexibility index (Phi) is 7.72. The van der Waals surface area contributed by atoms with Crippen molar-refractivity contribution in [1.82, 2.24) is 25.3 Å². The Bertz CT molecular complexity index is 1440. The number of amides is 1. The molecule has 0 bridgehead atoms. The van der Waals surface area contributed by atoms with Gasteiger partial charge in [-0.05, 0) is 66.4 Å². The molecule has 2 aromatic carbocycles. The Morgan fingerprint density at radius 1 is 1.08 bits per heavy atom. The average Bonchev–Trinajstić information content (AvgIpc) is 2.94. The van der Waals surface area contributed by atoms with Crippen molar-refractivity contribution in [3.63, 3.8) is 0 Å². The second-order valence-corrected chi connectivity index (χ2v) is 10.8. The number of aromatic nitrogens is 3. The van der Waals surface area contributed by atoms with Gasteiger partial charge in [0.25, 0.3) is 5.91 Å². The van der Waals surface area contributed by atoms with Crippen molar-refractivity contribution in [2.24, 2.45) is 5.41 Å². The second kappa shape index (κ2) is 11.3. The number of aryl methyl sites for hydroxylation is 1. The van der Waals surface area contributed by atoms with Gasteiger partial charge in [0, 0.05) is 36.8 Å². The molecule has 202 valence electrons. The number of rotatable bonds is 7. The maximum atomic E-state index is 12.5. The molecule has 9 heteroatoms. The number of pyridine rings is 1. The van der Waals surface area contributed by atoms with Crippen molar-refractivity contribution in [3.8, 4) is 11.5 Å². The molecule has 4 aromatic rings. The normalized spacial score (nSPS) is 14.3. The highest BCUT2D eigenvalue weighted by molar-refractivity contribution is 5.94. The van der Waals surface area contributed by atoms with Crippen LogP contribution in [0.2, 0.25) is 0 Å². The lowest BCUT2D eigenvalue weighted by molar-refractivity contribution is 0.0376. The van der Waals surface area contributed by atoms with Crippen LogP contribution in [0.3, 0.4) is 0 Å². The van der Waals surface area contributed by atoms with Gasteiger partial charge < -0.3 is 14.8 Å². The van der Waals surface area contributed by atoms with Gasteiger partial charge in [-0.1, -0.05) is 20.8 Å². The van der Waals surface area contributed by atoms with Gasteiger partial charge in [-0.15, -0.1) is 0 Å². The lowest BCUT2D eigenvalue weighted by Gasteiger charge is -2.38. The Labute approximate surface area is 228 Å². The van der Waals surface area contributed by atoms with Gasteiger partial charge in [-0.2, -0.15) is 0 Å². The summed E-state index contributed by atoms with van der Waals surface area (Å²) in [5.74, 6) is 2.10. The van der Waals surface area contributed by atoms with E-state index in [0.717, 1.165) is 46.8 Å². The fraction of sp³-hybridized carbons (Fsp3) is 0.333. The summed E-state index contributed by atoms with van der Waals surface area (Å²) >= 11 is 0. The topological polar surface area (TPSA) is 92.7 Å². The van der Waals surface area contributed by atoms with Crippen LogP contribution in [-0.2, 0) is 4.74 Å². The molecule has 3 heterocycles. The summed E-state index contributed by atoms with van der Waals surface area (Å²) in [5.41, 5.74) is 3.35. The van der Waals surface area contributed by atoms with E-state index in [1.54, 1.807) is 30.9 Å². The molecule has 1 saturated heterocycles. The Morgan fingerprint density at radius 2 is 1.85 bits per heavy atom. The zero-order valence-corrected chi connectivity index (χ0v) is 22.8. The quantitative estimate of drug-likeness (QED) is 0.347. The number of nitrogens with one attached hydrogen (secondary N) is 1. The summed E-state index contributed by atoms with van der Waals surface area (Å²) < 4.78 is 11.8. The van der Waals surface area contributed by atoms with Crippen molar-refractivity contribution in [2.75, 3.05) is 37.9 Å². The van der Waals surface area contributed by atoms with Crippen molar-refractivity contribution in [1.29, 1.82) is 0 Å². The van der Waals surface area contributed by atoms with Gasteiger partial charge >= 0.3 is 0 Å². The van der Waals surface area contributed by atoms with E-state index >= 15 is 0 Å². The fourth-order valence-electron chi connectivity index (χ4n) is 4.36. The third kappa shape index (κ3) is 6.32. The Morgan fingerprint density at radius 3 is 2.56 bits per heavy atom. The van der Waals surface area contributed by atoms with Crippen LogP contribution < -0.4 is 15.1 Å². The first kappa shape index (κ1) is 26.5. The van der Waals surface area contributed by atoms with Crippen LogP contribution in [0, 0.1) is 12.3 Å². The number of carbonyl (C=O) groups is 1. The molecule has 0 atom stereocenters. The molecule has 1 aliphatic rings. The number of carbonyl (C=O) groups excluding carboxylic acids is 1. The van der Waals surface area contributed by atoms with Gasteiger partial charge in [-0.25, -0.2) is 15.0 Å². The summed E-state index contributed by atoms with van der Waals surface area (Å²) in [6.45, 7) is 11.7. The minimum absolute atomic E-state index is 0.0253.